The number of aromatic nitrogens is 1. The maximum absolute atomic E-state index is 12.4. The molecule has 25 heavy (non-hydrogen) atoms. The Bertz CT molecular complexity index is 837. The molecule has 1 fully saturated rings. The van der Waals surface area contributed by atoms with Gasteiger partial charge in [-0.05, 0) is 81.8 Å². The molecule has 0 unspecified atom stereocenters. The zero-order valence-electron chi connectivity index (χ0n) is 15.6. The zero-order chi connectivity index (χ0) is 18.1. The lowest BCUT2D eigenvalue weighted by Gasteiger charge is -2.40. The fourth-order valence-corrected chi connectivity index (χ4v) is 4.05. The molecule has 0 aliphatic heterocycles. The van der Waals surface area contributed by atoms with E-state index in [0.717, 1.165) is 34.0 Å². The summed E-state index contributed by atoms with van der Waals surface area (Å²) >= 11 is 6.45. The van der Waals surface area contributed by atoms with Gasteiger partial charge in [0.15, 0.2) is 0 Å². The average Bonchev–Trinajstić information content (AvgIpc) is 2.49. The molecular formula is C21H27ClN2O. The Morgan fingerprint density at radius 1 is 1.20 bits per heavy atom. The Morgan fingerprint density at radius 3 is 2.48 bits per heavy atom. The molecule has 1 N–H and O–H groups in total. The molecule has 4 heteroatoms. The van der Waals surface area contributed by atoms with E-state index in [2.05, 4.69) is 29.8 Å². The molecule has 3 rings (SSSR count). The van der Waals surface area contributed by atoms with Crippen LogP contribution in [0.5, 0.6) is 0 Å². The van der Waals surface area contributed by atoms with Gasteiger partial charge in [-0.15, -0.1) is 0 Å². The van der Waals surface area contributed by atoms with Crippen LogP contribution in [-0.2, 0) is 6.42 Å². The molecule has 0 spiro atoms. The number of benzene rings is 1. The number of aromatic amines is 1. The van der Waals surface area contributed by atoms with E-state index in [9.17, 15) is 4.79 Å². The van der Waals surface area contributed by atoms with E-state index in [-0.39, 0.29) is 5.56 Å². The number of nitrogens with zero attached hydrogens (tertiary/aromatic N) is 1. The van der Waals surface area contributed by atoms with E-state index >= 15 is 0 Å². The largest absolute Gasteiger partial charge is 0.369 e. The highest BCUT2D eigenvalue weighted by Gasteiger charge is 2.26. The number of hydrogen-bond donors (Lipinski definition) is 1. The highest BCUT2D eigenvalue weighted by atomic mass is 35.5. The van der Waals surface area contributed by atoms with E-state index in [4.69, 9.17) is 11.6 Å². The summed E-state index contributed by atoms with van der Waals surface area (Å²) in [7, 11) is 0. The van der Waals surface area contributed by atoms with Crippen molar-refractivity contribution in [3.8, 4) is 0 Å². The van der Waals surface area contributed by atoms with Gasteiger partial charge in [0, 0.05) is 41.0 Å². The Balaban J connectivity index is 2.01. The minimum Gasteiger partial charge on any atom is -0.369 e. The van der Waals surface area contributed by atoms with E-state index < -0.39 is 0 Å². The topological polar surface area (TPSA) is 36.1 Å². The first kappa shape index (κ1) is 18.1. The van der Waals surface area contributed by atoms with Crippen molar-refractivity contribution in [3.63, 3.8) is 0 Å². The van der Waals surface area contributed by atoms with Crippen LogP contribution in [0.3, 0.4) is 0 Å². The standard InChI is InChI=1S/C21H27ClN2O/c1-5-24(18-7-6-8-18)20-12-17(22)10-16(15(20)4)11-19-13(2)9-14(3)23-21(19)25/h9-10,12,18H,5-8,11H2,1-4H3,(H,23,25). The molecule has 1 heterocycles. The number of rotatable bonds is 5. The summed E-state index contributed by atoms with van der Waals surface area (Å²) in [6, 6.07) is 6.74. The minimum absolute atomic E-state index is 0.00441. The fourth-order valence-electron chi connectivity index (χ4n) is 3.82. The third-order valence-electron chi connectivity index (χ3n) is 5.48. The second kappa shape index (κ2) is 7.25. The van der Waals surface area contributed by atoms with Crippen LogP contribution in [0.25, 0.3) is 0 Å². The lowest BCUT2D eigenvalue weighted by Crippen LogP contribution is -2.40. The summed E-state index contributed by atoms with van der Waals surface area (Å²) in [5.74, 6) is 0. The summed E-state index contributed by atoms with van der Waals surface area (Å²) in [5, 5.41) is 0.745. The SMILES string of the molecule is CCN(c1cc(Cl)cc(Cc2c(C)cc(C)[nH]c2=O)c1C)C1CCC1. The van der Waals surface area contributed by atoms with Gasteiger partial charge in [0.25, 0.3) is 5.56 Å². The van der Waals surface area contributed by atoms with Gasteiger partial charge in [-0.3, -0.25) is 4.79 Å². The molecule has 1 aliphatic rings. The third kappa shape index (κ3) is 3.62. The highest BCUT2D eigenvalue weighted by Crippen LogP contribution is 2.35. The Labute approximate surface area is 155 Å². The fraction of sp³-hybridized carbons (Fsp3) is 0.476. The van der Waals surface area contributed by atoms with Gasteiger partial charge in [-0.1, -0.05) is 11.6 Å². The number of hydrogen-bond acceptors (Lipinski definition) is 2. The van der Waals surface area contributed by atoms with Crippen molar-refractivity contribution in [1.29, 1.82) is 0 Å². The first-order valence-corrected chi connectivity index (χ1v) is 9.53. The van der Waals surface area contributed by atoms with Crippen LogP contribution in [-0.4, -0.2) is 17.6 Å². The normalized spacial score (nSPS) is 14.4. The summed E-state index contributed by atoms with van der Waals surface area (Å²) in [5.41, 5.74) is 6.36. The number of pyridine rings is 1. The third-order valence-corrected chi connectivity index (χ3v) is 5.70. The average molecular weight is 359 g/mol. The van der Waals surface area contributed by atoms with Gasteiger partial charge < -0.3 is 9.88 Å². The highest BCUT2D eigenvalue weighted by molar-refractivity contribution is 6.31. The van der Waals surface area contributed by atoms with Crippen molar-refractivity contribution in [1.82, 2.24) is 4.98 Å². The molecule has 0 radical (unpaired) electrons. The Hall–Kier alpha value is -1.74. The van der Waals surface area contributed by atoms with E-state index in [0.29, 0.717) is 12.5 Å². The predicted octanol–water partition coefficient (Wildman–Crippen LogP) is 4.92. The molecule has 3 nitrogen and oxygen atoms in total. The number of H-pyrrole nitrogens is 1. The minimum atomic E-state index is 0.00441. The van der Waals surface area contributed by atoms with Crippen LogP contribution in [0, 0.1) is 20.8 Å². The van der Waals surface area contributed by atoms with Crippen LogP contribution in [0.15, 0.2) is 23.0 Å². The molecule has 0 bridgehead atoms. The van der Waals surface area contributed by atoms with Gasteiger partial charge in [0.2, 0.25) is 0 Å². The van der Waals surface area contributed by atoms with Crippen LogP contribution >= 0.6 is 11.6 Å². The first-order valence-electron chi connectivity index (χ1n) is 9.15. The van der Waals surface area contributed by atoms with E-state index in [1.165, 1.54) is 30.5 Å². The van der Waals surface area contributed by atoms with Crippen molar-refractivity contribution in [2.45, 2.75) is 59.4 Å². The molecule has 1 aromatic carbocycles. The Kier molecular flexibility index (Phi) is 5.24. The van der Waals surface area contributed by atoms with Crippen molar-refractivity contribution in [3.05, 3.63) is 61.5 Å². The van der Waals surface area contributed by atoms with Crippen LogP contribution in [0.4, 0.5) is 5.69 Å². The lowest BCUT2D eigenvalue weighted by atomic mass is 9.89. The summed E-state index contributed by atoms with van der Waals surface area (Å²) < 4.78 is 0. The molecule has 0 amide bonds. The van der Waals surface area contributed by atoms with Crippen molar-refractivity contribution >= 4 is 17.3 Å². The van der Waals surface area contributed by atoms with Crippen LogP contribution in [0.2, 0.25) is 5.02 Å². The molecular weight excluding hydrogens is 332 g/mol. The second-order valence-electron chi connectivity index (χ2n) is 7.20. The predicted molar refractivity (Wildman–Crippen MR) is 106 cm³/mol. The lowest BCUT2D eigenvalue weighted by molar-refractivity contribution is 0.390. The van der Waals surface area contributed by atoms with Crippen molar-refractivity contribution in [2.75, 3.05) is 11.4 Å². The van der Waals surface area contributed by atoms with Gasteiger partial charge in [-0.2, -0.15) is 0 Å². The number of nitrogens with one attached hydrogen (secondary N) is 1. The zero-order valence-corrected chi connectivity index (χ0v) is 16.3. The summed E-state index contributed by atoms with van der Waals surface area (Å²) in [6.45, 7) is 9.26. The van der Waals surface area contributed by atoms with Gasteiger partial charge in [-0.25, -0.2) is 0 Å². The van der Waals surface area contributed by atoms with Crippen molar-refractivity contribution in [2.24, 2.45) is 0 Å². The number of anilines is 1. The maximum atomic E-state index is 12.4. The maximum Gasteiger partial charge on any atom is 0.251 e. The molecule has 1 saturated carbocycles. The molecule has 134 valence electrons. The second-order valence-corrected chi connectivity index (χ2v) is 7.64. The summed E-state index contributed by atoms with van der Waals surface area (Å²) in [6.07, 6.45) is 4.44. The molecule has 0 atom stereocenters. The van der Waals surface area contributed by atoms with Crippen LogP contribution < -0.4 is 10.5 Å². The summed E-state index contributed by atoms with van der Waals surface area (Å²) in [4.78, 5) is 17.8. The monoisotopic (exact) mass is 358 g/mol. The van der Waals surface area contributed by atoms with E-state index in [1.54, 1.807) is 0 Å². The molecule has 2 aromatic rings. The van der Waals surface area contributed by atoms with Gasteiger partial charge in [0.05, 0.1) is 0 Å². The van der Waals surface area contributed by atoms with Gasteiger partial charge >= 0.3 is 0 Å². The van der Waals surface area contributed by atoms with Crippen molar-refractivity contribution < 1.29 is 0 Å². The molecule has 1 aromatic heterocycles. The number of aryl methyl sites for hydroxylation is 2. The first-order chi connectivity index (χ1) is 11.9. The smallest absolute Gasteiger partial charge is 0.251 e. The Morgan fingerprint density at radius 2 is 1.92 bits per heavy atom. The van der Waals surface area contributed by atoms with Crippen LogP contribution in [0.1, 0.15) is 54.1 Å². The molecule has 1 aliphatic carbocycles. The quantitative estimate of drug-likeness (QED) is 0.823. The number of halogens is 1. The molecule has 0 saturated heterocycles. The van der Waals surface area contributed by atoms with Gasteiger partial charge in [0.1, 0.15) is 0 Å². The van der Waals surface area contributed by atoms with E-state index in [1.807, 2.05) is 26.0 Å².